The lowest BCUT2D eigenvalue weighted by Crippen LogP contribution is -2.51. The van der Waals surface area contributed by atoms with Crippen molar-refractivity contribution >= 4 is 11.9 Å². The molecule has 32 heavy (non-hydrogen) atoms. The Labute approximate surface area is 187 Å². The average molecular weight is 434 g/mol. The molecule has 0 spiro atoms. The van der Waals surface area contributed by atoms with Gasteiger partial charge in [-0.15, -0.1) is 5.10 Å². The van der Waals surface area contributed by atoms with Crippen LogP contribution in [0.2, 0.25) is 0 Å². The molecular weight excluding hydrogens is 406 g/mol. The largest absolute Gasteiger partial charge is 0.448 e. The van der Waals surface area contributed by atoms with Crippen LogP contribution in [0, 0.1) is 6.92 Å². The second-order valence-electron chi connectivity index (χ2n) is 7.89. The number of amides is 1. The molecule has 1 unspecified atom stereocenters. The van der Waals surface area contributed by atoms with Crippen molar-refractivity contribution in [1.82, 2.24) is 24.8 Å². The number of nitrogens with zero attached hydrogens (tertiary/aromatic N) is 5. The molecule has 2 heterocycles. The van der Waals surface area contributed by atoms with E-state index in [2.05, 4.69) is 27.2 Å². The summed E-state index contributed by atoms with van der Waals surface area (Å²) >= 11 is 0. The molecule has 0 aliphatic carbocycles. The van der Waals surface area contributed by atoms with Crippen LogP contribution in [-0.4, -0.2) is 69.0 Å². The highest BCUT2D eigenvalue weighted by atomic mass is 16.5. The summed E-state index contributed by atoms with van der Waals surface area (Å²) in [6.45, 7) is 6.95. The number of esters is 1. The van der Waals surface area contributed by atoms with E-state index < -0.39 is 12.1 Å². The summed E-state index contributed by atoms with van der Waals surface area (Å²) in [7, 11) is 0. The van der Waals surface area contributed by atoms with Crippen LogP contribution in [0.25, 0.3) is 5.69 Å². The third kappa shape index (κ3) is 5.03. The number of para-hydroxylation sites is 1. The van der Waals surface area contributed by atoms with Crippen LogP contribution >= 0.6 is 0 Å². The molecule has 0 N–H and O–H groups in total. The minimum absolute atomic E-state index is 0.112. The van der Waals surface area contributed by atoms with Crippen LogP contribution < -0.4 is 0 Å². The molecule has 8 heteroatoms. The number of piperazine rings is 1. The average Bonchev–Trinajstić information content (AvgIpc) is 3.22. The lowest BCUT2D eigenvalue weighted by Gasteiger charge is -2.35. The lowest BCUT2D eigenvalue weighted by molar-refractivity contribution is -0.141. The predicted octanol–water partition coefficient (Wildman–Crippen LogP) is 2.47. The number of hydrogen-bond donors (Lipinski definition) is 0. The van der Waals surface area contributed by atoms with Gasteiger partial charge in [0.1, 0.15) is 0 Å². The van der Waals surface area contributed by atoms with E-state index in [9.17, 15) is 9.59 Å². The molecule has 1 atom stereocenters. The Bertz CT molecular complexity index is 1060. The summed E-state index contributed by atoms with van der Waals surface area (Å²) in [6, 6.07) is 19.6. The van der Waals surface area contributed by atoms with Gasteiger partial charge in [-0.05, 0) is 31.5 Å². The summed E-state index contributed by atoms with van der Waals surface area (Å²) in [5.41, 5.74) is 2.56. The molecule has 0 radical (unpaired) electrons. The Balaban J connectivity index is 1.31. The summed E-state index contributed by atoms with van der Waals surface area (Å²) in [5.74, 6) is -0.834. The Hall–Kier alpha value is -3.52. The van der Waals surface area contributed by atoms with E-state index in [1.807, 2.05) is 48.5 Å². The van der Waals surface area contributed by atoms with E-state index in [1.54, 1.807) is 18.7 Å². The fourth-order valence-corrected chi connectivity index (χ4v) is 3.74. The van der Waals surface area contributed by atoms with Crippen molar-refractivity contribution in [2.45, 2.75) is 26.5 Å². The van der Waals surface area contributed by atoms with Crippen molar-refractivity contribution in [3.8, 4) is 5.69 Å². The zero-order chi connectivity index (χ0) is 22.5. The number of aryl methyl sites for hydroxylation is 1. The first kappa shape index (κ1) is 21.7. The van der Waals surface area contributed by atoms with Crippen molar-refractivity contribution in [2.24, 2.45) is 0 Å². The van der Waals surface area contributed by atoms with Gasteiger partial charge < -0.3 is 9.64 Å². The van der Waals surface area contributed by atoms with Crippen molar-refractivity contribution < 1.29 is 14.3 Å². The number of ether oxygens (including phenoxy) is 1. The van der Waals surface area contributed by atoms with E-state index in [4.69, 9.17) is 4.74 Å². The maximum absolute atomic E-state index is 12.8. The van der Waals surface area contributed by atoms with Crippen LogP contribution in [0.1, 0.15) is 28.7 Å². The molecule has 2 aromatic carbocycles. The molecule has 4 rings (SSSR count). The number of rotatable bonds is 6. The topological polar surface area (TPSA) is 80.6 Å². The molecule has 1 aliphatic heterocycles. The molecule has 1 aliphatic rings. The first-order chi connectivity index (χ1) is 15.5. The van der Waals surface area contributed by atoms with Crippen molar-refractivity contribution in [1.29, 1.82) is 0 Å². The fourth-order valence-electron chi connectivity index (χ4n) is 3.74. The van der Waals surface area contributed by atoms with Crippen LogP contribution in [0.5, 0.6) is 0 Å². The fraction of sp³-hybridized carbons (Fsp3) is 0.333. The van der Waals surface area contributed by atoms with Gasteiger partial charge in [-0.3, -0.25) is 9.69 Å². The van der Waals surface area contributed by atoms with Crippen molar-refractivity contribution in [2.75, 3.05) is 26.2 Å². The van der Waals surface area contributed by atoms with Gasteiger partial charge in [-0.25, -0.2) is 4.79 Å². The Morgan fingerprint density at radius 1 is 0.938 bits per heavy atom. The van der Waals surface area contributed by atoms with Gasteiger partial charge in [0.2, 0.25) is 0 Å². The highest BCUT2D eigenvalue weighted by Gasteiger charge is 2.29. The maximum atomic E-state index is 12.8. The van der Waals surface area contributed by atoms with Crippen LogP contribution in [0.3, 0.4) is 0 Å². The minimum Gasteiger partial charge on any atom is -0.448 e. The lowest BCUT2D eigenvalue weighted by atomic mass is 10.2. The summed E-state index contributed by atoms with van der Waals surface area (Å²) in [6.07, 6.45) is -0.885. The first-order valence-corrected chi connectivity index (χ1v) is 10.8. The minimum atomic E-state index is -0.885. The van der Waals surface area contributed by atoms with Gasteiger partial charge >= 0.3 is 5.97 Å². The Kier molecular flexibility index (Phi) is 6.61. The summed E-state index contributed by atoms with van der Waals surface area (Å²) < 4.78 is 5.44. The summed E-state index contributed by atoms with van der Waals surface area (Å²) in [5, 5.41) is 8.54. The first-order valence-electron chi connectivity index (χ1n) is 10.8. The SMILES string of the molecule is Cc1nn(-c2ccccc2)nc1C(=O)OC(C)C(=O)N1CCN(Cc2ccccc2)CC1. The van der Waals surface area contributed by atoms with Gasteiger partial charge in [-0.2, -0.15) is 9.90 Å². The maximum Gasteiger partial charge on any atom is 0.361 e. The van der Waals surface area contributed by atoms with Crippen molar-refractivity contribution in [3.63, 3.8) is 0 Å². The molecule has 0 bridgehead atoms. The molecule has 1 amide bonds. The van der Waals surface area contributed by atoms with Gasteiger partial charge in [-0.1, -0.05) is 48.5 Å². The quantitative estimate of drug-likeness (QED) is 0.556. The number of hydrogen-bond acceptors (Lipinski definition) is 6. The molecule has 1 aromatic heterocycles. The Morgan fingerprint density at radius 3 is 2.22 bits per heavy atom. The van der Waals surface area contributed by atoms with Crippen LogP contribution in [0.4, 0.5) is 0 Å². The third-order valence-electron chi connectivity index (χ3n) is 5.53. The highest BCUT2D eigenvalue weighted by molar-refractivity contribution is 5.91. The molecule has 1 saturated heterocycles. The number of aromatic nitrogens is 3. The smallest absolute Gasteiger partial charge is 0.361 e. The normalized spacial score (nSPS) is 15.4. The second kappa shape index (κ2) is 9.74. The number of benzene rings is 2. The highest BCUT2D eigenvalue weighted by Crippen LogP contribution is 2.13. The van der Waals surface area contributed by atoms with Crippen LogP contribution in [0.15, 0.2) is 60.7 Å². The molecule has 3 aromatic rings. The second-order valence-corrected chi connectivity index (χ2v) is 7.89. The molecule has 8 nitrogen and oxygen atoms in total. The van der Waals surface area contributed by atoms with Crippen molar-refractivity contribution in [3.05, 3.63) is 77.6 Å². The molecule has 166 valence electrons. The van der Waals surface area contributed by atoms with Crippen LogP contribution in [-0.2, 0) is 16.1 Å². The molecular formula is C24H27N5O3. The number of carbonyl (C=O) groups excluding carboxylic acids is 2. The zero-order valence-electron chi connectivity index (χ0n) is 18.3. The van der Waals surface area contributed by atoms with E-state index in [1.165, 1.54) is 10.4 Å². The molecule has 0 saturated carbocycles. The Morgan fingerprint density at radius 2 is 1.56 bits per heavy atom. The van der Waals surface area contributed by atoms with E-state index in [-0.39, 0.29) is 11.6 Å². The zero-order valence-corrected chi connectivity index (χ0v) is 18.3. The van der Waals surface area contributed by atoms with Gasteiger partial charge in [0, 0.05) is 32.7 Å². The monoisotopic (exact) mass is 433 g/mol. The van der Waals surface area contributed by atoms with Gasteiger partial charge in [0.05, 0.1) is 11.4 Å². The molecule has 1 fully saturated rings. The summed E-state index contributed by atoms with van der Waals surface area (Å²) in [4.78, 5) is 30.9. The van der Waals surface area contributed by atoms with Gasteiger partial charge in [0.15, 0.2) is 11.8 Å². The van der Waals surface area contributed by atoms with E-state index in [0.717, 1.165) is 25.3 Å². The standard InChI is InChI=1S/C24H27N5O3/c1-18-22(26-29(25-18)21-11-7-4-8-12-21)24(31)32-19(2)23(30)28-15-13-27(14-16-28)17-20-9-5-3-6-10-20/h3-12,19H,13-17H2,1-2H3. The number of carbonyl (C=O) groups is 2. The third-order valence-corrected chi connectivity index (χ3v) is 5.53. The predicted molar refractivity (Wildman–Crippen MR) is 119 cm³/mol. The van der Waals surface area contributed by atoms with E-state index in [0.29, 0.717) is 18.8 Å². The van der Waals surface area contributed by atoms with Gasteiger partial charge in [0.25, 0.3) is 5.91 Å². The van der Waals surface area contributed by atoms with E-state index >= 15 is 0 Å².